The fraction of sp³-hybridized carbons (Fsp3) is 0.100. The van der Waals surface area contributed by atoms with E-state index in [0.29, 0.717) is 29.7 Å². The van der Waals surface area contributed by atoms with Gasteiger partial charge in [-0.05, 0) is 41.1 Å². The molecule has 0 aliphatic carbocycles. The van der Waals surface area contributed by atoms with Crippen molar-refractivity contribution in [1.29, 1.82) is 0 Å². The summed E-state index contributed by atoms with van der Waals surface area (Å²) in [7, 11) is -3.77. The van der Waals surface area contributed by atoms with Gasteiger partial charge < -0.3 is 0 Å². The van der Waals surface area contributed by atoms with Gasteiger partial charge in [0.1, 0.15) is 5.82 Å². The number of carbonyl (C=O) groups excluding carboxylic acids is 1. The number of carbonyl (C=O) groups is 1. The summed E-state index contributed by atoms with van der Waals surface area (Å²) in [5.41, 5.74) is 2.95. The highest BCUT2D eigenvalue weighted by Crippen LogP contribution is 2.34. The van der Waals surface area contributed by atoms with Gasteiger partial charge in [0.25, 0.3) is 15.9 Å². The predicted molar refractivity (Wildman–Crippen MR) is 105 cm³/mol. The zero-order chi connectivity index (χ0) is 19.7. The lowest BCUT2D eigenvalue weighted by atomic mass is 10.1. The average Bonchev–Trinajstić information content (AvgIpc) is 3.15. The van der Waals surface area contributed by atoms with Crippen molar-refractivity contribution in [2.75, 3.05) is 10.8 Å². The van der Waals surface area contributed by atoms with Gasteiger partial charge in [-0.2, -0.15) is 0 Å². The molecule has 0 spiro atoms. The Kier molecular flexibility index (Phi) is 4.58. The lowest BCUT2D eigenvalue weighted by Gasteiger charge is -2.19. The topological polar surface area (TPSA) is 99.6 Å². The molecule has 0 atom stereocenters. The number of hydrogen-bond donors (Lipinski definition) is 2. The van der Waals surface area contributed by atoms with Crippen molar-refractivity contribution in [3.8, 4) is 0 Å². The van der Waals surface area contributed by atoms with E-state index in [1.165, 1.54) is 28.1 Å². The molecule has 1 aromatic heterocycles. The molecule has 142 valence electrons. The Bertz CT molecular complexity index is 1200. The highest BCUT2D eigenvalue weighted by Gasteiger charge is 2.33. The van der Waals surface area contributed by atoms with E-state index in [0.717, 1.165) is 10.9 Å². The fourth-order valence-electron chi connectivity index (χ4n) is 3.33. The highest BCUT2D eigenvalue weighted by molar-refractivity contribution is 7.93. The summed E-state index contributed by atoms with van der Waals surface area (Å²) in [6.07, 6.45) is 4.70. The largest absolute Gasteiger partial charge is 0.288 e. The summed E-state index contributed by atoms with van der Waals surface area (Å²) in [5, 5.41) is 10.1. The van der Waals surface area contributed by atoms with Gasteiger partial charge in [-0.25, -0.2) is 23.2 Å². The third-order valence-electron chi connectivity index (χ3n) is 4.64. The third kappa shape index (κ3) is 3.12. The number of pyridine rings is 1. The molecule has 3 aromatic rings. The lowest BCUT2D eigenvalue weighted by molar-refractivity contribution is -0.124. The molecule has 0 saturated heterocycles. The molecule has 7 nitrogen and oxygen atoms in total. The van der Waals surface area contributed by atoms with Crippen molar-refractivity contribution in [3.05, 3.63) is 71.9 Å². The summed E-state index contributed by atoms with van der Waals surface area (Å²) in [6, 6.07) is 14.4. The minimum Gasteiger partial charge on any atom is -0.288 e. The number of hydrogen-bond acceptors (Lipinski definition) is 5. The summed E-state index contributed by atoms with van der Waals surface area (Å²) < 4.78 is 28.0. The first-order valence-corrected chi connectivity index (χ1v) is 10.1. The van der Waals surface area contributed by atoms with Gasteiger partial charge in [-0.15, -0.1) is 0 Å². The first-order chi connectivity index (χ1) is 13.5. The number of sulfonamides is 1. The van der Waals surface area contributed by atoms with Crippen molar-refractivity contribution in [3.63, 3.8) is 0 Å². The molecule has 0 unspecified atom stereocenters. The van der Waals surface area contributed by atoms with Gasteiger partial charge >= 0.3 is 0 Å². The Labute approximate surface area is 161 Å². The van der Waals surface area contributed by atoms with Gasteiger partial charge in [-0.1, -0.05) is 36.4 Å². The van der Waals surface area contributed by atoms with Crippen LogP contribution in [0.5, 0.6) is 0 Å². The van der Waals surface area contributed by atoms with E-state index >= 15 is 0 Å². The van der Waals surface area contributed by atoms with E-state index < -0.39 is 15.9 Å². The standard InChI is InChI=1S/C20H17N3O4S/c24-19(22-25)9-8-14-12-16-10-11-23(20(16)21-13-14)28(26,27)18-7-3-5-15-4-1-2-6-17(15)18/h1-9,12-13,25H,10-11H2,(H,22,24). The molecule has 1 amide bonds. The number of rotatable bonds is 4. The molecule has 2 heterocycles. The molecule has 8 heteroatoms. The lowest BCUT2D eigenvalue weighted by Crippen LogP contribution is -2.29. The quantitative estimate of drug-likeness (QED) is 0.402. The summed E-state index contributed by atoms with van der Waals surface area (Å²) >= 11 is 0. The first kappa shape index (κ1) is 18.1. The number of anilines is 1. The smallest absolute Gasteiger partial charge is 0.267 e. The van der Waals surface area contributed by atoms with E-state index in [2.05, 4.69) is 4.98 Å². The van der Waals surface area contributed by atoms with Gasteiger partial charge in [-0.3, -0.25) is 10.0 Å². The van der Waals surface area contributed by atoms with E-state index in [4.69, 9.17) is 5.21 Å². The number of nitrogens with one attached hydrogen (secondary N) is 1. The van der Waals surface area contributed by atoms with Crippen LogP contribution in [0, 0.1) is 0 Å². The monoisotopic (exact) mass is 395 g/mol. The minimum atomic E-state index is -3.77. The van der Waals surface area contributed by atoms with Crippen LogP contribution in [0.3, 0.4) is 0 Å². The Hall–Kier alpha value is -3.23. The summed E-state index contributed by atoms with van der Waals surface area (Å²) in [5.74, 6) is -0.252. The van der Waals surface area contributed by atoms with E-state index in [1.54, 1.807) is 24.3 Å². The second-order valence-corrected chi connectivity index (χ2v) is 8.20. The van der Waals surface area contributed by atoms with Crippen LogP contribution in [0.4, 0.5) is 5.82 Å². The molecule has 28 heavy (non-hydrogen) atoms. The molecule has 1 aliphatic heterocycles. The van der Waals surface area contributed by atoms with Crippen LogP contribution in [0.15, 0.2) is 65.7 Å². The van der Waals surface area contributed by atoms with Crippen molar-refractivity contribution in [2.24, 2.45) is 0 Å². The normalized spacial score (nSPS) is 13.8. The van der Waals surface area contributed by atoms with Gasteiger partial charge in [0, 0.05) is 24.2 Å². The van der Waals surface area contributed by atoms with E-state index in [9.17, 15) is 13.2 Å². The highest BCUT2D eigenvalue weighted by atomic mass is 32.2. The Morgan fingerprint density at radius 2 is 1.96 bits per heavy atom. The van der Waals surface area contributed by atoms with Gasteiger partial charge in [0.05, 0.1) is 4.90 Å². The molecule has 1 aliphatic rings. The maximum absolute atomic E-state index is 13.3. The van der Waals surface area contributed by atoms with Crippen molar-refractivity contribution in [2.45, 2.75) is 11.3 Å². The van der Waals surface area contributed by atoms with E-state index in [1.807, 2.05) is 24.3 Å². The molecule has 0 radical (unpaired) electrons. The Balaban J connectivity index is 1.72. The third-order valence-corrected chi connectivity index (χ3v) is 6.49. The average molecular weight is 395 g/mol. The molecule has 2 aromatic carbocycles. The molecular formula is C20H17N3O4S. The van der Waals surface area contributed by atoms with Crippen molar-refractivity contribution in [1.82, 2.24) is 10.5 Å². The second kappa shape index (κ2) is 7.06. The van der Waals surface area contributed by atoms with Crippen LogP contribution in [-0.4, -0.2) is 31.1 Å². The molecule has 0 fully saturated rings. The Morgan fingerprint density at radius 1 is 1.18 bits per heavy atom. The molecule has 4 rings (SSSR count). The number of hydroxylamine groups is 1. The van der Waals surface area contributed by atoms with Crippen LogP contribution in [0.25, 0.3) is 16.8 Å². The number of benzene rings is 2. The first-order valence-electron chi connectivity index (χ1n) is 8.62. The van der Waals surface area contributed by atoms with Crippen molar-refractivity contribution >= 4 is 38.6 Å². The molecule has 0 bridgehead atoms. The van der Waals surface area contributed by atoms with Crippen LogP contribution in [-0.2, 0) is 21.2 Å². The minimum absolute atomic E-state index is 0.254. The fourth-order valence-corrected chi connectivity index (χ4v) is 5.01. The number of fused-ring (bicyclic) bond motifs is 2. The SMILES string of the molecule is O=C(C=Cc1cnc2c(c1)CCN2S(=O)(=O)c1cccc2ccccc12)NO. The number of amides is 1. The summed E-state index contributed by atoms with van der Waals surface area (Å²) in [4.78, 5) is 15.7. The number of nitrogens with zero attached hydrogens (tertiary/aromatic N) is 2. The molecule has 0 saturated carbocycles. The summed E-state index contributed by atoms with van der Waals surface area (Å²) in [6.45, 7) is 0.304. The van der Waals surface area contributed by atoms with Crippen LogP contribution in [0.1, 0.15) is 11.1 Å². The van der Waals surface area contributed by atoms with E-state index in [-0.39, 0.29) is 4.90 Å². The van der Waals surface area contributed by atoms with Crippen LogP contribution in [0.2, 0.25) is 0 Å². The molecule has 2 N–H and O–H groups in total. The van der Waals surface area contributed by atoms with Crippen LogP contribution < -0.4 is 9.79 Å². The Morgan fingerprint density at radius 3 is 2.79 bits per heavy atom. The van der Waals surface area contributed by atoms with Crippen molar-refractivity contribution < 1.29 is 18.4 Å². The maximum atomic E-state index is 13.3. The zero-order valence-corrected chi connectivity index (χ0v) is 15.6. The second-order valence-electron chi connectivity index (χ2n) is 6.37. The van der Waals surface area contributed by atoms with Gasteiger partial charge in [0.15, 0.2) is 0 Å². The van der Waals surface area contributed by atoms with Gasteiger partial charge in [0.2, 0.25) is 0 Å². The number of aromatic nitrogens is 1. The maximum Gasteiger partial charge on any atom is 0.267 e. The predicted octanol–water partition coefficient (Wildman–Crippen LogP) is 2.50. The van der Waals surface area contributed by atoms with Crippen LogP contribution >= 0.6 is 0 Å². The molecular weight excluding hydrogens is 378 g/mol. The zero-order valence-electron chi connectivity index (χ0n) is 14.7.